The van der Waals surface area contributed by atoms with Crippen LogP contribution in [-0.2, 0) is 0 Å². The van der Waals surface area contributed by atoms with Crippen LogP contribution in [0.3, 0.4) is 0 Å². The zero-order valence-electron chi connectivity index (χ0n) is 12.7. The molecule has 0 radical (unpaired) electrons. The van der Waals surface area contributed by atoms with Crippen LogP contribution in [0, 0.1) is 13.8 Å². The maximum absolute atomic E-state index is 6.03. The SMILES string of the molecule is CNc1ncnc(Oc2cccc(C)c2C)c1C(C)C. The van der Waals surface area contributed by atoms with Gasteiger partial charge in [-0.15, -0.1) is 0 Å². The average molecular weight is 271 g/mol. The van der Waals surface area contributed by atoms with E-state index >= 15 is 0 Å². The van der Waals surface area contributed by atoms with Crippen LogP contribution < -0.4 is 10.1 Å². The standard InChI is InChI=1S/C16H21N3O/c1-10(2)14-15(17-5)18-9-19-16(14)20-13-8-6-7-11(3)12(13)4/h6-10H,1-5H3,(H,17,18,19). The first kappa shape index (κ1) is 14.3. The molecule has 0 unspecified atom stereocenters. The molecule has 0 aliphatic carbocycles. The smallest absolute Gasteiger partial charge is 0.227 e. The van der Waals surface area contributed by atoms with Crippen molar-refractivity contribution in [2.45, 2.75) is 33.6 Å². The second-order valence-corrected chi connectivity index (χ2v) is 5.15. The number of anilines is 1. The van der Waals surface area contributed by atoms with Crippen molar-refractivity contribution in [2.24, 2.45) is 0 Å². The monoisotopic (exact) mass is 271 g/mol. The molecular weight excluding hydrogens is 250 g/mol. The first-order chi connectivity index (χ1) is 9.54. The van der Waals surface area contributed by atoms with Crippen molar-refractivity contribution < 1.29 is 4.74 Å². The molecule has 106 valence electrons. The van der Waals surface area contributed by atoms with Crippen LogP contribution in [0.15, 0.2) is 24.5 Å². The quantitative estimate of drug-likeness (QED) is 0.911. The lowest BCUT2D eigenvalue weighted by molar-refractivity contribution is 0.448. The second-order valence-electron chi connectivity index (χ2n) is 5.15. The molecule has 0 saturated carbocycles. The first-order valence-electron chi connectivity index (χ1n) is 6.81. The summed E-state index contributed by atoms with van der Waals surface area (Å²) in [4.78, 5) is 8.56. The molecule has 2 rings (SSSR count). The summed E-state index contributed by atoms with van der Waals surface area (Å²) >= 11 is 0. The van der Waals surface area contributed by atoms with Gasteiger partial charge in [0.15, 0.2) is 0 Å². The van der Waals surface area contributed by atoms with Crippen LogP contribution in [0.2, 0.25) is 0 Å². The Labute approximate surface area is 120 Å². The third kappa shape index (κ3) is 2.74. The highest BCUT2D eigenvalue weighted by molar-refractivity contribution is 5.52. The van der Waals surface area contributed by atoms with E-state index in [1.54, 1.807) is 0 Å². The van der Waals surface area contributed by atoms with E-state index in [2.05, 4.69) is 49.0 Å². The van der Waals surface area contributed by atoms with E-state index in [-0.39, 0.29) is 5.92 Å². The minimum atomic E-state index is 0.277. The van der Waals surface area contributed by atoms with E-state index < -0.39 is 0 Å². The lowest BCUT2D eigenvalue weighted by atomic mass is 10.1. The number of aryl methyl sites for hydroxylation is 1. The number of rotatable bonds is 4. The van der Waals surface area contributed by atoms with Crippen molar-refractivity contribution in [1.82, 2.24) is 9.97 Å². The highest BCUT2D eigenvalue weighted by Crippen LogP contribution is 2.34. The van der Waals surface area contributed by atoms with Gasteiger partial charge < -0.3 is 10.1 Å². The lowest BCUT2D eigenvalue weighted by Crippen LogP contribution is -2.05. The van der Waals surface area contributed by atoms with Crippen LogP contribution in [0.4, 0.5) is 5.82 Å². The average Bonchev–Trinajstić information content (AvgIpc) is 2.43. The molecule has 0 atom stereocenters. The number of ether oxygens (including phenoxy) is 1. The van der Waals surface area contributed by atoms with E-state index in [0.29, 0.717) is 5.88 Å². The van der Waals surface area contributed by atoms with Crippen molar-refractivity contribution in [2.75, 3.05) is 12.4 Å². The molecule has 1 N–H and O–H groups in total. The topological polar surface area (TPSA) is 47.0 Å². The van der Waals surface area contributed by atoms with Crippen LogP contribution >= 0.6 is 0 Å². The van der Waals surface area contributed by atoms with Crippen molar-refractivity contribution in [3.8, 4) is 11.6 Å². The van der Waals surface area contributed by atoms with Crippen molar-refractivity contribution in [3.63, 3.8) is 0 Å². The third-order valence-electron chi connectivity index (χ3n) is 3.42. The third-order valence-corrected chi connectivity index (χ3v) is 3.42. The molecule has 0 fully saturated rings. The van der Waals surface area contributed by atoms with Gasteiger partial charge in [0.25, 0.3) is 0 Å². The highest BCUT2D eigenvalue weighted by atomic mass is 16.5. The molecule has 0 saturated heterocycles. The minimum Gasteiger partial charge on any atom is -0.438 e. The molecule has 1 aromatic heterocycles. The summed E-state index contributed by atoms with van der Waals surface area (Å²) in [6.07, 6.45) is 1.53. The van der Waals surface area contributed by atoms with Crippen LogP contribution in [-0.4, -0.2) is 17.0 Å². The number of nitrogens with zero attached hydrogens (tertiary/aromatic N) is 2. The van der Waals surface area contributed by atoms with E-state index in [4.69, 9.17) is 4.74 Å². The van der Waals surface area contributed by atoms with Crippen LogP contribution in [0.1, 0.15) is 36.5 Å². The van der Waals surface area contributed by atoms with Crippen LogP contribution in [0.25, 0.3) is 0 Å². The molecule has 0 bridgehead atoms. The van der Waals surface area contributed by atoms with Gasteiger partial charge in [-0.25, -0.2) is 9.97 Å². The number of nitrogens with one attached hydrogen (secondary N) is 1. The molecule has 4 nitrogen and oxygen atoms in total. The number of hydrogen-bond donors (Lipinski definition) is 1. The van der Waals surface area contributed by atoms with Gasteiger partial charge in [-0.05, 0) is 37.0 Å². The fourth-order valence-corrected chi connectivity index (χ4v) is 2.12. The van der Waals surface area contributed by atoms with Gasteiger partial charge in [0.1, 0.15) is 17.9 Å². The Hall–Kier alpha value is -2.10. The maximum Gasteiger partial charge on any atom is 0.227 e. The van der Waals surface area contributed by atoms with Gasteiger partial charge in [0.2, 0.25) is 5.88 Å². The number of benzene rings is 1. The summed E-state index contributed by atoms with van der Waals surface area (Å²) in [5.74, 6) is 2.55. The first-order valence-corrected chi connectivity index (χ1v) is 6.81. The Morgan fingerprint density at radius 3 is 2.55 bits per heavy atom. The molecular formula is C16H21N3O. The van der Waals surface area contributed by atoms with E-state index in [9.17, 15) is 0 Å². The molecule has 4 heteroatoms. The van der Waals surface area contributed by atoms with E-state index in [1.807, 2.05) is 19.2 Å². The minimum absolute atomic E-state index is 0.277. The maximum atomic E-state index is 6.03. The highest BCUT2D eigenvalue weighted by Gasteiger charge is 2.16. The molecule has 0 amide bonds. The van der Waals surface area contributed by atoms with Gasteiger partial charge in [-0.1, -0.05) is 26.0 Å². The molecule has 2 aromatic rings. The summed E-state index contributed by atoms with van der Waals surface area (Å²) in [6, 6.07) is 6.03. The van der Waals surface area contributed by atoms with Crippen molar-refractivity contribution in [1.29, 1.82) is 0 Å². The van der Waals surface area contributed by atoms with E-state index in [1.165, 1.54) is 11.9 Å². The summed E-state index contributed by atoms with van der Waals surface area (Å²) in [6.45, 7) is 8.34. The largest absolute Gasteiger partial charge is 0.438 e. The Balaban J connectivity index is 2.46. The Bertz CT molecular complexity index is 609. The van der Waals surface area contributed by atoms with Gasteiger partial charge >= 0.3 is 0 Å². The Morgan fingerprint density at radius 2 is 1.90 bits per heavy atom. The predicted octanol–water partition coefficient (Wildman–Crippen LogP) is 4.05. The Morgan fingerprint density at radius 1 is 1.15 bits per heavy atom. The van der Waals surface area contributed by atoms with E-state index in [0.717, 1.165) is 22.7 Å². The van der Waals surface area contributed by atoms with Gasteiger partial charge in [-0.3, -0.25) is 0 Å². The van der Waals surface area contributed by atoms with Gasteiger partial charge in [0.05, 0.1) is 5.56 Å². The molecule has 0 aliphatic heterocycles. The number of hydrogen-bond acceptors (Lipinski definition) is 4. The molecule has 1 heterocycles. The molecule has 0 aliphatic rings. The summed E-state index contributed by atoms with van der Waals surface area (Å²) in [5.41, 5.74) is 3.33. The predicted molar refractivity (Wildman–Crippen MR) is 81.7 cm³/mol. The number of aromatic nitrogens is 2. The summed E-state index contributed by atoms with van der Waals surface area (Å²) in [5, 5.41) is 3.10. The fourth-order valence-electron chi connectivity index (χ4n) is 2.12. The summed E-state index contributed by atoms with van der Waals surface area (Å²) in [7, 11) is 1.86. The molecule has 1 aromatic carbocycles. The van der Waals surface area contributed by atoms with Gasteiger partial charge in [0, 0.05) is 7.05 Å². The second kappa shape index (κ2) is 5.90. The van der Waals surface area contributed by atoms with Gasteiger partial charge in [-0.2, -0.15) is 0 Å². The van der Waals surface area contributed by atoms with Crippen LogP contribution in [0.5, 0.6) is 11.6 Å². The molecule has 0 spiro atoms. The van der Waals surface area contributed by atoms with Crippen molar-refractivity contribution >= 4 is 5.82 Å². The normalized spacial score (nSPS) is 10.7. The zero-order chi connectivity index (χ0) is 14.7. The fraction of sp³-hybridized carbons (Fsp3) is 0.375. The zero-order valence-corrected chi connectivity index (χ0v) is 12.7. The van der Waals surface area contributed by atoms with Crippen molar-refractivity contribution in [3.05, 3.63) is 41.2 Å². The summed E-state index contributed by atoms with van der Waals surface area (Å²) < 4.78 is 6.03. The lowest BCUT2D eigenvalue weighted by Gasteiger charge is -2.17. The molecule has 20 heavy (non-hydrogen) atoms. The Kier molecular flexibility index (Phi) is 4.23.